The quantitative estimate of drug-likeness (QED) is 0.412. The van der Waals surface area contributed by atoms with E-state index in [-0.39, 0.29) is 17.9 Å². The number of benzene rings is 1. The van der Waals surface area contributed by atoms with Gasteiger partial charge in [0.15, 0.2) is 4.34 Å². The molecule has 0 radical (unpaired) electrons. The number of amides is 1. The molecule has 3 aromatic rings. The van der Waals surface area contributed by atoms with E-state index in [4.69, 9.17) is 17.3 Å². The van der Waals surface area contributed by atoms with Gasteiger partial charge in [-0.05, 0) is 37.1 Å². The Hall–Kier alpha value is -2.50. The SMILES string of the molecule is CC(=O)N(c1nnc(SCc2nc(N)nc(Nc3ccc(Cl)cc3)n2)s1)C1CC1. The maximum atomic E-state index is 11.9. The highest BCUT2D eigenvalue weighted by molar-refractivity contribution is 8.00. The molecule has 29 heavy (non-hydrogen) atoms. The molecule has 2 aromatic heterocycles. The Balaban J connectivity index is 1.42. The molecule has 0 aliphatic heterocycles. The summed E-state index contributed by atoms with van der Waals surface area (Å²) in [6.07, 6.45) is 2.02. The average molecular weight is 449 g/mol. The number of carbonyl (C=O) groups excluding carboxylic acids is 1. The highest BCUT2D eigenvalue weighted by atomic mass is 35.5. The second-order valence-corrected chi connectivity index (χ2v) is 8.94. The Bertz CT molecular complexity index is 1020. The molecular formula is C17H17ClN8OS2. The maximum absolute atomic E-state index is 11.9. The van der Waals surface area contributed by atoms with Gasteiger partial charge in [0, 0.05) is 23.7 Å². The van der Waals surface area contributed by atoms with Gasteiger partial charge in [0.05, 0.1) is 5.75 Å². The number of nitrogen functional groups attached to an aromatic ring is 1. The molecule has 9 nitrogen and oxygen atoms in total. The van der Waals surface area contributed by atoms with Crippen molar-refractivity contribution >= 4 is 63.3 Å². The van der Waals surface area contributed by atoms with E-state index < -0.39 is 0 Å². The Morgan fingerprint density at radius 3 is 2.72 bits per heavy atom. The first kappa shape index (κ1) is 19.8. The minimum atomic E-state index is -0.0108. The Morgan fingerprint density at radius 2 is 2.03 bits per heavy atom. The third-order valence-electron chi connectivity index (χ3n) is 3.98. The fraction of sp³-hybridized carbons (Fsp3) is 0.294. The number of anilines is 4. The summed E-state index contributed by atoms with van der Waals surface area (Å²) in [6, 6.07) is 7.43. The lowest BCUT2D eigenvalue weighted by molar-refractivity contribution is -0.116. The van der Waals surface area contributed by atoms with Gasteiger partial charge in [0.2, 0.25) is 22.9 Å². The third kappa shape index (κ3) is 5.11. The Morgan fingerprint density at radius 1 is 1.28 bits per heavy atom. The molecule has 0 spiro atoms. The molecule has 12 heteroatoms. The fourth-order valence-electron chi connectivity index (χ4n) is 2.59. The van der Waals surface area contributed by atoms with Crippen molar-refractivity contribution < 1.29 is 4.79 Å². The minimum Gasteiger partial charge on any atom is -0.368 e. The molecule has 1 amide bonds. The van der Waals surface area contributed by atoms with Gasteiger partial charge in [-0.15, -0.1) is 10.2 Å². The van der Waals surface area contributed by atoms with Gasteiger partial charge in [-0.3, -0.25) is 9.69 Å². The van der Waals surface area contributed by atoms with E-state index in [1.54, 1.807) is 24.0 Å². The molecule has 1 aliphatic rings. The predicted octanol–water partition coefficient (Wildman–Crippen LogP) is 3.51. The van der Waals surface area contributed by atoms with Gasteiger partial charge in [0.25, 0.3) is 0 Å². The van der Waals surface area contributed by atoms with Crippen LogP contribution in [0.5, 0.6) is 0 Å². The van der Waals surface area contributed by atoms with Crippen molar-refractivity contribution in [3.05, 3.63) is 35.1 Å². The monoisotopic (exact) mass is 448 g/mol. The normalized spacial score (nSPS) is 13.3. The second-order valence-electron chi connectivity index (χ2n) is 6.32. The first-order valence-electron chi connectivity index (χ1n) is 8.77. The first-order chi connectivity index (χ1) is 14.0. The minimum absolute atomic E-state index is 0.0108. The van der Waals surface area contributed by atoms with Crippen molar-refractivity contribution in [1.82, 2.24) is 25.1 Å². The number of carbonyl (C=O) groups is 1. The van der Waals surface area contributed by atoms with Crippen molar-refractivity contribution in [3.63, 3.8) is 0 Å². The summed E-state index contributed by atoms with van der Waals surface area (Å²) in [5, 5.41) is 12.7. The summed E-state index contributed by atoms with van der Waals surface area (Å²) in [6.45, 7) is 1.55. The molecule has 3 N–H and O–H groups in total. The molecule has 1 fully saturated rings. The standard InChI is InChI=1S/C17H17ClN8OS2/c1-9(27)26(12-6-7-12)16-24-25-17(29-16)28-8-13-21-14(19)23-15(22-13)20-11-4-2-10(18)3-5-11/h2-5,12H,6-8H2,1H3,(H3,19,20,21,22,23). The number of rotatable bonds is 7. The smallest absolute Gasteiger partial charge is 0.232 e. The van der Waals surface area contributed by atoms with E-state index in [2.05, 4.69) is 30.5 Å². The fourth-order valence-corrected chi connectivity index (χ4v) is 4.52. The van der Waals surface area contributed by atoms with Gasteiger partial charge in [-0.25, -0.2) is 0 Å². The van der Waals surface area contributed by atoms with Crippen molar-refractivity contribution in [2.24, 2.45) is 0 Å². The van der Waals surface area contributed by atoms with Crippen LogP contribution < -0.4 is 16.0 Å². The zero-order chi connectivity index (χ0) is 20.4. The molecule has 1 aliphatic carbocycles. The molecule has 0 saturated heterocycles. The van der Waals surface area contributed by atoms with Crippen LogP contribution in [0.3, 0.4) is 0 Å². The molecular weight excluding hydrogens is 432 g/mol. The lowest BCUT2D eigenvalue weighted by Gasteiger charge is -2.15. The van der Waals surface area contributed by atoms with Crippen LogP contribution in [0.2, 0.25) is 5.02 Å². The molecule has 2 heterocycles. The predicted molar refractivity (Wildman–Crippen MR) is 115 cm³/mol. The van der Waals surface area contributed by atoms with Crippen molar-refractivity contribution in [3.8, 4) is 0 Å². The number of hydrogen-bond acceptors (Lipinski definition) is 10. The zero-order valence-electron chi connectivity index (χ0n) is 15.4. The molecule has 150 valence electrons. The second kappa shape index (κ2) is 8.47. The van der Waals surface area contributed by atoms with Crippen LogP contribution in [0.4, 0.5) is 22.7 Å². The number of halogens is 1. The molecule has 1 saturated carbocycles. The summed E-state index contributed by atoms with van der Waals surface area (Å²) in [7, 11) is 0. The van der Waals surface area contributed by atoms with E-state index in [9.17, 15) is 4.79 Å². The van der Waals surface area contributed by atoms with E-state index >= 15 is 0 Å². The van der Waals surface area contributed by atoms with Crippen LogP contribution in [-0.2, 0) is 10.5 Å². The van der Waals surface area contributed by atoms with Gasteiger partial charge in [0.1, 0.15) is 5.82 Å². The molecule has 0 atom stereocenters. The highest BCUT2D eigenvalue weighted by Gasteiger charge is 2.34. The lowest BCUT2D eigenvalue weighted by Crippen LogP contribution is -2.30. The van der Waals surface area contributed by atoms with Crippen LogP contribution in [0.15, 0.2) is 28.6 Å². The van der Waals surface area contributed by atoms with Crippen LogP contribution in [0, 0.1) is 0 Å². The first-order valence-corrected chi connectivity index (χ1v) is 10.9. The average Bonchev–Trinajstić information content (AvgIpc) is 3.39. The van der Waals surface area contributed by atoms with Crippen molar-refractivity contribution in [1.29, 1.82) is 0 Å². The molecule has 1 aromatic carbocycles. The van der Waals surface area contributed by atoms with Crippen LogP contribution in [0.1, 0.15) is 25.6 Å². The summed E-state index contributed by atoms with van der Waals surface area (Å²) < 4.78 is 0.734. The summed E-state index contributed by atoms with van der Waals surface area (Å²) >= 11 is 8.72. The number of thioether (sulfide) groups is 1. The van der Waals surface area contributed by atoms with Crippen molar-refractivity contribution in [2.45, 2.75) is 35.9 Å². The number of hydrogen-bond donors (Lipinski definition) is 2. The summed E-state index contributed by atoms with van der Waals surface area (Å²) in [5.41, 5.74) is 6.61. The van der Waals surface area contributed by atoms with E-state index in [1.807, 2.05) is 12.1 Å². The van der Waals surface area contributed by atoms with Gasteiger partial charge in [-0.1, -0.05) is 34.7 Å². The summed E-state index contributed by atoms with van der Waals surface area (Å²) in [4.78, 5) is 26.3. The third-order valence-corrected chi connectivity index (χ3v) is 6.28. The number of nitrogens with two attached hydrogens (primary N) is 1. The number of nitrogens with zero attached hydrogens (tertiary/aromatic N) is 6. The molecule has 4 rings (SSSR count). The van der Waals surface area contributed by atoms with E-state index in [0.29, 0.717) is 27.7 Å². The van der Waals surface area contributed by atoms with E-state index in [1.165, 1.54) is 23.1 Å². The lowest BCUT2D eigenvalue weighted by atomic mass is 10.3. The van der Waals surface area contributed by atoms with E-state index in [0.717, 1.165) is 22.9 Å². The Kier molecular flexibility index (Phi) is 5.79. The summed E-state index contributed by atoms with van der Waals surface area (Å²) in [5.74, 6) is 1.43. The van der Waals surface area contributed by atoms with Crippen molar-refractivity contribution in [2.75, 3.05) is 16.0 Å². The van der Waals surface area contributed by atoms with Crippen LogP contribution in [-0.4, -0.2) is 37.1 Å². The topological polar surface area (TPSA) is 123 Å². The van der Waals surface area contributed by atoms with Crippen LogP contribution in [0.25, 0.3) is 0 Å². The largest absolute Gasteiger partial charge is 0.368 e. The highest BCUT2D eigenvalue weighted by Crippen LogP contribution is 2.36. The number of aromatic nitrogens is 5. The Labute approximate surface area is 180 Å². The maximum Gasteiger partial charge on any atom is 0.232 e. The molecule has 0 unspecified atom stereocenters. The molecule has 0 bridgehead atoms. The van der Waals surface area contributed by atoms with Crippen LogP contribution >= 0.6 is 34.7 Å². The van der Waals surface area contributed by atoms with Gasteiger partial charge >= 0.3 is 0 Å². The number of nitrogens with one attached hydrogen (secondary N) is 1. The van der Waals surface area contributed by atoms with Gasteiger partial charge < -0.3 is 11.1 Å². The zero-order valence-corrected chi connectivity index (χ0v) is 17.8. The van der Waals surface area contributed by atoms with Gasteiger partial charge in [-0.2, -0.15) is 15.0 Å².